The Labute approximate surface area is 121 Å². The van der Waals surface area contributed by atoms with Gasteiger partial charge in [0.25, 0.3) is 0 Å². The molecule has 1 N–H and O–H groups in total. The van der Waals surface area contributed by atoms with E-state index in [1.807, 2.05) is 26.4 Å². The second-order valence-corrected chi connectivity index (χ2v) is 7.32. The van der Waals surface area contributed by atoms with E-state index in [1.165, 1.54) is 0 Å². The summed E-state index contributed by atoms with van der Waals surface area (Å²) in [7, 11) is -1.25. The van der Waals surface area contributed by atoms with Crippen molar-refractivity contribution in [2.45, 2.75) is 38.6 Å². The van der Waals surface area contributed by atoms with Crippen molar-refractivity contribution in [3.05, 3.63) is 12.4 Å². The normalized spacial score (nSPS) is 20.3. The van der Waals surface area contributed by atoms with Crippen molar-refractivity contribution in [2.24, 2.45) is 7.05 Å². The molecule has 1 aliphatic heterocycles. The molecule has 0 radical (unpaired) electrons. The third-order valence-electron chi connectivity index (χ3n) is 3.59. The van der Waals surface area contributed by atoms with Crippen LogP contribution in [-0.4, -0.2) is 43.1 Å². The molecule has 1 fully saturated rings. The van der Waals surface area contributed by atoms with E-state index in [4.69, 9.17) is 0 Å². The number of hydrogen-bond donors (Lipinski definition) is 1. The first kappa shape index (κ1) is 15.3. The van der Waals surface area contributed by atoms with Gasteiger partial charge in [-0.3, -0.25) is 4.68 Å². The summed E-state index contributed by atoms with van der Waals surface area (Å²) in [6, 6.07) is 0.00538. The SMILES string of the molecule is CCCCS(=O)(=O)NC1CCCN(c2cnn(C)c2)C1. The largest absolute Gasteiger partial charge is 0.367 e. The molecule has 6 nitrogen and oxygen atoms in total. The van der Waals surface area contributed by atoms with E-state index in [0.29, 0.717) is 6.42 Å². The molecule has 0 spiro atoms. The topological polar surface area (TPSA) is 67.2 Å². The third-order valence-corrected chi connectivity index (χ3v) is 5.11. The van der Waals surface area contributed by atoms with E-state index in [-0.39, 0.29) is 11.8 Å². The highest BCUT2D eigenvalue weighted by molar-refractivity contribution is 7.89. The fourth-order valence-corrected chi connectivity index (χ4v) is 4.01. The molecule has 0 aromatic carbocycles. The predicted octanol–water partition coefficient (Wildman–Crippen LogP) is 1.11. The molecule has 1 unspecified atom stereocenters. The van der Waals surface area contributed by atoms with Crippen LogP contribution < -0.4 is 9.62 Å². The van der Waals surface area contributed by atoms with Crippen LogP contribution in [0.4, 0.5) is 5.69 Å². The molecule has 0 bridgehead atoms. The molecule has 1 aromatic heterocycles. The number of unbranched alkanes of at least 4 members (excludes halogenated alkanes) is 1. The fourth-order valence-electron chi connectivity index (χ4n) is 2.53. The van der Waals surface area contributed by atoms with Gasteiger partial charge in [0, 0.05) is 32.4 Å². The Balaban J connectivity index is 1.93. The first-order valence-electron chi connectivity index (χ1n) is 7.24. The Morgan fingerprint density at radius 3 is 2.95 bits per heavy atom. The minimum absolute atomic E-state index is 0.00538. The number of hydrogen-bond acceptors (Lipinski definition) is 4. The first-order chi connectivity index (χ1) is 9.50. The van der Waals surface area contributed by atoms with E-state index >= 15 is 0 Å². The summed E-state index contributed by atoms with van der Waals surface area (Å²) in [4.78, 5) is 2.20. The van der Waals surface area contributed by atoms with E-state index < -0.39 is 10.0 Å². The van der Waals surface area contributed by atoms with Crippen LogP contribution >= 0.6 is 0 Å². The molecule has 20 heavy (non-hydrogen) atoms. The van der Waals surface area contributed by atoms with Gasteiger partial charge in [-0.1, -0.05) is 13.3 Å². The van der Waals surface area contributed by atoms with Crippen LogP contribution in [0.3, 0.4) is 0 Å². The minimum atomic E-state index is -3.14. The van der Waals surface area contributed by atoms with Crippen molar-refractivity contribution < 1.29 is 8.42 Å². The average Bonchev–Trinajstić information content (AvgIpc) is 2.83. The third kappa shape index (κ3) is 4.21. The van der Waals surface area contributed by atoms with Crippen LogP contribution in [0.1, 0.15) is 32.6 Å². The van der Waals surface area contributed by atoms with E-state index in [2.05, 4.69) is 14.7 Å². The van der Waals surface area contributed by atoms with Gasteiger partial charge in [0.1, 0.15) is 0 Å². The maximum Gasteiger partial charge on any atom is 0.211 e. The predicted molar refractivity (Wildman–Crippen MR) is 80.3 cm³/mol. The lowest BCUT2D eigenvalue weighted by Crippen LogP contribution is -2.48. The Bertz CT molecular complexity index is 526. The molecule has 114 valence electrons. The molecule has 7 heteroatoms. The number of sulfonamides is 1. The fraction of sp³-hybridized carbons (Fsp3) is 0.769. The second kappa shape index (κ2) is 6.58. The standard InChI is InChI=1S/C13H24N4O2S/c1-3-4-8-20(18,19)15-12-6-5-7-17(10-12)13-9-14-16(2)11-13/h9,11-12,15H,3-8,10H2,1-2H3. The maximum atomic E-state index is 12.0. The lowest BCUT2D eigenvalue weighted by atomic mass is 10.1. The number of nitrogens with one attached hydrogen (secondary N) is 1. The summed E-state index contributed by atoms with van der Waals surface area (Å²) in [5, 5.41) is 4.17. The van der Waals surface area contributed by atoms with Gasteiger partial charge in [0.2, 0.25) is 10.0 Å². The number of piperidine rings is 1. The smallest absolute Gasteiger partial charge is 0.211 e. The van der Waals surface area contributed by atoms with Crippen LogP contribution in [0.2, 0.25) is 0 Å². The molecule has 1 atom stereocenters. The van der Waals surface area contributed by atoms with Gasteiger partial charge in [0.05, 0.1) is 17.6 Å². The van der Waals surface area contributed by atoms with Crippen LogP contribution in [-0.2, 0) is 17.1 Å². The second-order valence-electron chi connectivity index (χ2n) is 5.45. The van der Waals surface area contributed by atoms with Crippen molar-refractivity contribution in [3.63, 3.8) is 0 Å². The monoisotopic (exact) mass is 300 g/mol. The van der Waals surface area contributed by atoms with Gasteiger partial charge in [-0.25, -0.2) is 13.1 Å². The summed E-state index contributed by atoms with van der Waals surface area (Å²) in [6.45, 7) is 3.68. The Morgan fingerprint density at radius 2 is 2.30 bits per heavy atom. The lowest BCUT2D eigenvalue weighted by molar-refractivity contribution is 0.465. The zero-order chi connectivity index (χ0) is 14.6. The van der Waals surface area contributed by atoms with E-state index in [9.17, 15) is 8.42 Å². The van der Waals surface area contributed by atoms with Crippen LogP contribution in [0.15, 0.2) is 12.4 Å². The highest BCUT2D eigenvalue weighted by atomic mass is 32.2. The van der Waals surface area contributed by atoms with Crippen molar-refractivity contribution in [3.8, 4) is 0 Å². The molecule has 1 aliphatic rings. The summed E-state index contributed by atoms with van der Waals surface area (Å²) < 4.78 is 28.5. The van der Waals surface area contributed by atoms with Crippen molar-refractivity contribution >= 4 is 15.7 Å². The molecule has 2 heterocycles. The molecule has 0 saturated carbocycles. The zero-order valence-corrected chi connectivity index (χ0v) is 13.1. The molecule has 0 aliphatic carbocycles. The summed E-state index contributed by atoms with van der Waals surface area (Å²) in [5.74, 6) is 0.229. The maximum absolute atomic E-state index is 12.0. The van der Waals surface area contributed by atoms with Gasteiger partial charge < -0.3 is 4.90 Å². The summed E-state index contributed by atoms with van der Waals surface area (Å²) in [5.41, 5.74) is 1.06. The zero-order valence-electron chi connectivity index (χ0n) is 12.2. The van der Waals surface area contributed by atoms with Gasteiger partial charge >= 0.3 is 0 Å². The number of anilines is 1. The summed E-state index contributed by atoms with van der Waals surface area (Å²) >= 11 is 0. The van der Waals surface area contributed by atoms with Gasteiger partial charge in [0.15, 0.2) is 0 Å². The molecular formula is C13H24N4O2S. The van der Waals surface area contributed by atoms with Gasteiger partial charge in [-0.05, 0) is 19.3 Å². The van der Waals surface area contributed by atoms with Crippen molar-refractivity contribution in [1.82, 2.24) is 14.5 Å². The Kier molecular flexibility index (Phi) is 5.04. The van der Waals surface area contributed by atoms with Crippen LogP contribution in [0.5, 0.6) is 0 Å². The summed E-state index contributed by atoms with van der Waals surface area (Å²) in [6.07, 6.45) is 7.31. The molecule has 0 amide bonds. The average molecular weight is 300 g/mol. The molecule has 1 saturated heterocycles. The first-order valence-corrected chi connectivity index (χ1v) is 8.89. The molecule has 2 rings (SSSR count). The lowest BCUT2D eigenvalue weighted by Gasteiger charge is -2.33. The van der Waals surface area contributed by atoms with Crippen molar-refractivity contribution in [2.75, 3.05) is 23.7 Å². The Morgan fingerprint density at radius 1 is 1.50 bits per heavy atom. The number of aryl methyl sites for hydroxylation is 1. The highest BCUT2D eigenvalue weighted by Crippen LogP contribution is 2.19. The van der Waals surface area contributed by atoms with Crippen molar-refractivity contribution in [1.29, 1.82) is 0 Å². The molecular weight excluding hydrogens is 276 g/mol. The van der Waals surface area contributed by atoms with Gasteiger partial charge in [-0.2, -0.15) is 5.10 Å². The van der Waals surface area contributed by atoms with Gasteiger partial charge in [-0.15, -0.1) is 0 Å². The molecule has 1 aromatic rings. The van der Waals surface area contributed by atoms with Crippen LogP contribution in [0.25, 0.3) is 0 Å². The Hall–Kier alpha value is -1.08. The minimum Gasteiger partial charge on any atom is -0.367 e. The van der Waals surface area contributed by atoms with E-state index in [1.54, 1.807) is 4.68 Å². The number of rotatable bonds is 6. The number of nitrogens with zero attached hydrogens (tertiary/aromatic N) is 3. The quantitative estimate of drug-likeness (QED) is 0.854. The number of aromatic nitrogens is 2. The van der Waals surface area contributed by atoms with E-state index in [0.717, 1.165) is 38.0 Å². The highest BCUT2D eigenvalue weighted by Gasteiger charge is 2.24. The van der Waals surface area contributed by atoms with Crippen LogP contribution in [0, 0.1) is 0 Å².